The highest BCUT2D eigenvalue weighted by atomic mass is 31.2. The van der Waals surface area contributed by atoms with Crippen molar-refractivity contribution < 1.29 is 33.4 Å². The van der Waals surface area contributed by atoms with E-state index in [2.05, 4.69) is 0 Å². The van der Waals surface area contributed by atoms with Crippen LogP contribution in [-0.4, -0.2) is 22.5 Å². The van der Waals surface area contributed by atoms with Crippen molar-refractivity contribution in [3.05, 3.63) is 29.8 Å². The Kier molecular flexibility index (Phi) is 3.65. The third-order valence-electron chi connectivity index (χ3n) is 6.89. The van der Waals surface area contributed by atoms with Gasteiger partial charge in [-0.15, -0.1) is 0 Å². The number of hydrogen-bond donors (Lipinski definition) is 2. The molecule has 0 amide bonds. The van der Waals surface area contributed by atoms with Gasteiger partial charge in [0.05, 0.1) is 0 Å². The van der Waals surface area contributed by atoms with Gasteiger partial charge in [0, 0.05) is 12.7 Å². The van der Waals surface area contributed by atoms with Crippen molar-refractivity contribution in [2.24, 2.45) is 23.7 Å². The molecule has 1 atom stereocenters. The van der Waals surface area contributed by atoms with Gasteiger partial charge in [0.25, 0.3) is 5.79 Å². The summed E-state index contributed by atoms with van der Waals surface area (Å²) in [4.78, 5) is 29.7. The smallest absolute Gasteiger partial charge is 0.404 e. The van der Waals surface area contributed by atoms with Crippen LogP contribution >= 0.6 is 7.82 Å². The number of phosphoric acid groups is 1. The number of methoxy groups -OCH3 is 1. The van der Waals surface area contributed by atoms with Crippen LogP contribution in [0.15, 0.2) is 24.3 Å². The molecule has 1 aromatic carbocycles. The third-order valence-corrected chi connectivity index (χ3v) is 7.34. The quantitative estimate of drug-likeness (QED) is 0.610. The van der Waals surface area contributed by atoms with Gasteiger partial charge in [0.15, 0.2) is 5.60 Å². The number of benzene rings is 1. The minimum Gasteiger partial charge on any atom is -0.404 e. The average Bonchev–Trinajstić information content (AvgIpc) is 2.53. The van der Waals surface area contributed by atoms with Crippen molar-refractivity contribution in [3.63, 3.8) is 0 Å². The molecule has 6 rings (SSSR count). The molecule has 1 saturated heterocycles. The molecule has 5 fully saturated rings. The number of phosphoric ester groups is 1. The Bertz CT molecular complexity index is 743. The molecule has 142 valence electrons. The fourth-order valence-corrected chi connectivity index (χ4v) is 6.64. The largest absolute Gasteiger partial charge is 0.524 e. The molecule has 5 aliphatic rings. The van der Waals surface area contributed by atoms with Gasteiger partial charge in [-0.25, -0.2) is 9.45 Å². The Morgan fingerprint density at radius 1 is 1.08 bits per heavy atom. The predicted molar refractivity (Wildman–Crippen MR) is 89.7 cm³/mol. The van der Waals surface area contributed by atoms with E-state index in [0.717, 1.165) is 37.5 Å². The first kappa shape index (κ1) is 17.2. The van der Waals surface area contributed by atoms with Crippen molar-refractivity contribution in [1.82, 2.24) is 0 Å². The Morgan fingerprint density at radius 3 is 2.23 bits per heavy atom. The van der Waals surface area contributed by atoms with E-state index in [1.165, 1.54) is 12.5 Å². The first-order valence-electron chi connectivity index (χ1n) is 9.14. The lowest BCUT2D eigenvalue weighted by atomic mass is 9.47. The number of hydrogen-bond acceptors (Lipinski definition) is 5. The van der Waals surface area contributed by atoms with Crippen molar-refractivity contribution in [2.45, 2.75) is 43.5 Å². The lowest BCUT2D eigenvalue weighted by Gasteiger charge is -2.68. The summed E-state index contributed by atoms with van der Waals surface area (Å²) in [6.45, 7) is 0. The molecule has 2 N–H and O–H groups in total. The van der Waals surface area contributed by atoms with Crippen molar-refractivity contribution in [3.8, 4) is 5.75 Å². The highest BCUT2D eigenvalue weighted by Gasteiger charge is 2.76. The summed E-state index contributed by atoms with van der Waals surface area (Å²) in [6, 6.07) is 6.62. The van der Waals surface area contributed by atoms with E-state index in [1.807, 2.05) is 6.07 Å². The molecule has 4 bridgehead atoms. The van der Waals surface area contributed by atoms with E-state index in [-0.39, 0.29) is 5.75 Å². The van der Waals surface area contributed by atoms with E-state index >= 15 is 0 Å². The highest BCUT2D eigenvalue weighted by molar-refractivity contribution is 7.46. The van der Waals surface area contributed by atoms with Crippen LogP contribution < -0.4 is 4.52 Å². The molecular formula is C18H23O7P. The molecule has 7 nitrogen and oxygen atoms in total. The second kappa shape index (κ2) is 5.53. The van der Waals surface area contributed by atoms with E-state index < -0.39 is 19.2 Å². The fraction of sp³-hybridized carbons (Fsp3) is 0.667. The van der Waals surface area contributed by atoms with Crippen LogP contribution in [0.2, 0.25) is 0 Å². The summed E-state index contributed by atoms with van der Waals surface area (Å²) in [6.07, 6.45) is 5.83. The second-order valence-electron chi connectivity index (χ2n) is 8.19. The molecule has 1 heterocycles. The summed E-state index contributed by atoms with van der Waals surface area (Å²) in [5.74, 6) is 1.31. The summed E-state index contributed by atoms with van der Waals surface area (Å²) >= 11 is 0. The van der Waals surface area contributed by atoms with Crippen LogP contribution in [0.25, 0.3) is 0 Å². The first-order chi connectivity index (χ1) is 12.4. The van der Waals surface area contributed by atoms with Crippen LogP contribution in [0, 0.1) is 23.7 Å². The van der Waals surface area contributed by atoms with Gasteiger partial charge in [-0.05, 0) is 67.9 Å². The average molecular weight is 382 g/mol. The minimum atomic E-state index is -4.63. The van der Waals surface area contributed by atoms with Gasteiger partial charge in [-0.2, -0.15) is 4.89 Å². The standard InChI is InChI=1S/C18H23O7P/c1-22-18(13-3-2-4-16(10-13)23-26(19,20)21)17(24-25-18)14-6-11-5-12(8-14)9-15(17)7-11/h2-4,10-12,14-15H,5-9H2,1H3,(H2,19,20,21)/t11?,12?,14?,15?,17?,18-/m0/s1. The predicted octanol–water partition coefficient (Wildman–Crippen LogP) is 3.11. The maximum Gasteiger partial charge on any atom is 0.524 e. The molecular weight excluding hydrogens is 359 g/mol. The Balaban J connectivity index is 1.55. The van der Waals surface area contributed by atoms with Crippen LogP contribution in [0.4, 0.5) is 0 Å². The first-order valence-corrected chi connectivity index (χ1v) is 10.7. The molecule has 1 spiro atoms. The van der Waals surface area contributed by atoms with Gasteiger partial charge in [0.2, 0.25) is 0 Å². The Labute approximate surface area is 151 Å². The SMILES string of the molecule is CO[C@@]1(c2cccc(OP(=O)(O)O)c2)OOC12C1CC3CC(C1)CC2C3. The zero-order valence-corrected chi connectivity index (χ0v) is 15.4. The van der Waals surface area contributed by atoms with Gasteiger partial charge < -0.3 is 9.26 Å². The fourth-order valence-electron chi connectivity index (χ4n) is 6.25. The zero-order valence-electron chi connectivity index (χ0n) is 14.5. The maximum atomic E-state index is 11.2. The summed E-state index contributed by atoms with van der Waals surface area (Å²) < 4.78 is 21.9. The van der Waals surface area contributed by atoms with E-state index in [9.17, 15) is 4.57 Å². The molecule has 0 radical (unpaired) electrons. The third kappa shape index (κ3) is 2.22. The van der Waals surface area contributed by atoms with E-state index in [1.54, 1.807) is 19.2 Å². The maximum absolute atomic E-state index is 11.2. The van der Waals surface area contributed by atoms with Gasteiger partial charge in [0.1, 0.15) is 5.75 Å². The molecule has 26 heavy (non-hydrogen) atoms. The number of rotatable bonds is 4. The van der Waals surface area contributed by atoms with Crippen LogP contribution in [0.5, 0.6) is 5.75 Å². The van der Waals surface area contributed by atoms with Crippen molar-refractivity contribution in [2.75, 3.05) is 7.11 Å². The second-order valence-corrected chi connectivity index (χ2v) is 9.36. The monoisotopic (exact) mass is 382 g/mol. The zero-order chi connectivity index (χ0) is 18.2. The van der Waals surface area contributed by atoms with Crippen LogP contribution in [-0.2, 0) is 24.9 Å². The Hall–Kier alpha value is -0.950. The van der Waals surface area contributed by atoms with Gasteiger partial charge in [-0.3, -0.25) is 9.79 Å². The number of ether oxygens (including phenoxy) is 1. The highest BCUT2D eigenvalue weighted by Crippen LogP contribution is 2.69. The minimum absolute atomic E-state index is 0.0849. The molecule has 8 heteroatoms. The molecule has 0 aromatic heterocycles. The molecule has 4 aliphatic carbocycles. The van der Waals surface area contributed by atoms with Crippen molar-refractivity contribution >= 4 is 7.82 Å². The summed E-state index contributed by atoms with van der Waals surface area (Å²) in [5, 5.41) is 0. The van der Waals surface area contributed by atoms with Crippen LogP contribution in [0.1, 0.15) is 37.7 Å². The summed E-state index contributed by atoms with van der Waals surface area (Å²) in [7, 11) is -3.03. The lowest BCUT2D eigenvalue weighted by molar-refractivity contribution is -0.645. The molecule has 1 aromatic rings. The van der Waals surface area contributed by atoms with Gasteiger partial charge >= 0.3 is 7.82 Å². The summed E-state index contributed by atoms with van der Waals surface area (Å²) in [5.41, 5.74) is 0.139. The van der Waals surface area contributed by atoms with E-state index in [0.29, 0.717) is 17.4 Å². The topological polar surface area (TPSA) is 94.5 Å². The van der Waals surface area contributed by atoms with Crippen LogP contribution in [0.3, 0.4) is 0 Å². The van der Waals surface area contributed by atoms with Gasteiger partial charge in [-0.1, -0.05) is 12.1 Å². The molecule has 0 unspecified atom stereocenters. The lowest BCUT2D eigenvalue weighted by Crippen LogP contribution is -2.76. The van der Waals surface area contributed by atoms with Crippen molar-refractivity contribution in [1.29, 1.82) is 0 Å². The molecule has 1 aliphatic heterocycles. The normalized spacial score (nSPS) is 43.5. The Morgan fingerprint density at radius 2 is 1.73 bits per heavy atom. The van der Waals surface area contributed by atoms with E-state index in [4.69, 9.17) is 28.8 Å². The molecule has 4 saturated carbocycles.